The van der Waals surface area contributed by atoms with Gasteiger partial charge < -0.3 is 14.2 Å². The SMILES string of the molecule is CCCCCCCCCCOCCOCCCC(=O)OCC(CC)CCCC. The summed E-state index contributed by atoms with van der Waals surface area (Å²) >= 11 is 0. The maximum Gasteiger partial charge on any atom is 0.305 e. The number of hydrogen-bond acceptors (Lipinski definition) is 4. The van der Waals surface area contributed by atoms with Crippen molar-refractivity contribution < 1.29 is 19.0 Å². The van der Waals surface area contributed by atoms with Crippen LogP contribution in [0.2, 0.25) is 0 Å². The first kappa shape index (κ1) is 27.4. The fourth-order valence-electron chi connectivity index (χ4n) is 3.16. The van der Waals surface area contributed by atoms with Gasteiger partial charge in [-0.1, -0.05) is 85.0 Å². The number of ether oxygens (including phenoxy) is 3. The Balaban J connectivity index is 3.27. The fraction of sp³-hybridized carbons (Fsp3) is 0.958. The molecule has 0 aromatic carbocycles. The van der Waals surface area contributed by atoms with Crippen LogP contribution in [0, 0.1) is 5.92 Å². The van der Waals surface area contributed by atoms with Crippen LogP contribution in [0.15, 0.2) is 0 Å². The number of hydrogen-bond donors (Lipinski definition) is 0. The van der Waals surface area contributed by atoms with Gasteiger partial charge >= 0.3 is 5.97 Å². The molecule has 0 aliphatic heterocycles. The van der Waals surface area contributed by atoms with Crippen LogP contribution in [0.25, 0.3) is 0 Å². The third kappa shape index (κ3) is 20.1. The highest BCUT2D eigenvalue weighted by Crippen LogP contribution is 2.13. The number of esters is 1. The smallest absolute Gasteiger partial charge is 0.305 e. The fourth-order valence-corrected chi connectivity index (χ4v) is 3.16. The summed E-state index contributed by atoms with van der Waals surface area (Å²) in [6.07, 6.45) is 16.4. The van der Waals surface area contributed by atoms with Gasteiger partial charge in [0.1, 0.15) is 0 Å². The lowest BCUT2D eigenvalue weighted by Gasteiger charge is -2.14. The molecule has 4 nitrogen and oxygen atoms in total. The topological polar surface area (TPSA) is 44.8 Å². The van der Waals surface area contributed by atoms with E-state index < -0.39 is 0 Å². The Morgan fingerprint density at radius 1 is 0.679 bits per heavy atom. The minimum absolute atomic E-state index is 0.0931. The van der Waals surface area contributed by atoms with Crippen LogP contribution in [-0.4, -0.2) is 39.0 Å². The van der Waals surface area contributed by atoms with E-state index in [1.165, 1.54) is 57.8 Å². The van der Waals surface area contributed by atoms with Crippen LogP contribution in [0.3, 0.4) is 0 Å². The molecule has 0 amide bonds. The number of rotatable bonds is 22. The summed E-state index contributed by atoms with van der Waals surface area (Å²) in [5, 5.41) is 0. The zero-order valence-electron chi connectivity index (χ0n) is 19.1. The molecule has 0 radical (unpaired) electrons. The number of carbonyl (C=O) groups is 1. The van der Waals surface area contributed by atoms with Crippen LogP contribution in [0.4, 0.5) is 0 Å². The summed E-state index contributed by atoms with van der Waals surface area (Å²) < 4.78 is 16.5. The highest BCUT2D eigenvalue weighted by atomic mass is 16.5. The Labute approximate surface area is 175 Å². The largest absolute Gasteiger partial charge is 0.465 e. The van der Waals surface area contributed by atoms with Gasteiger partial charge in [0.2, 0.25) is 0 Å². The lowest BCUT2D eigenvalue weighted by atomic mass is 10.0. The lowest BCUT2D eigenvalue weighted by Crippen LogP contribution is -2.14. The monoisotopic (exact) mass is 400 g/mol. The second-order valence-electron chi connectivity index (χ2n) is 7.90. The molecule has 0 aromatic rings. The summed E-state index contributed by atoms with van der Waals surface area (Å²) in [6, 6.07) is 0. The summed E-state index contributed by atoms with van der Waals surface area (Å²) in [4.78, 5) is 11.8. The highest BCUT2D eigenvalue weighted by Gasteiger charge is 2.09. The molecule has 0 aliphatic rings. The number of unbranched alkanes of at least 4 members (excludes halogenated alkanes) is 8. The lowest BCUT2D eigenvalue weighted by molar-refractivity contribution is -0.145. The second-order valence-corrected chi connectivity index (χ2v) is 7.90. The average molecular weight is 401 g/mol. The van der Waals surface area contributed by atoms with Crippen molar-refractivity contribution in [3.05, 3.63) is 0 Å². The molecule has 1 unspecified atom stereocenters. The van der Waals surface area contributed by atoms with Gasteiger partial charge in [-0.05, 0) is 25.2 Å². The first-order valence-corrected chi connectivity index (χ1v) is 12.1. The molecular weight excluding hydrogens is 352 g/mol. The van der Waals surface area contributed by atoms with Crippen molar-refractivity contribution in [2.24, 2.45) is 5.92 Å². The van der Waals surface area contributed by atoms with Crippen molar-refractivity contribution in [1.82, 2.24) is 0 Å². The minimum atomic E-state index is -0.0931. The molecule has 0 bridgehead atoms. The van der Waals surface area contributed by atoms with Crippen LogP contribution < -0.4 is 0 Å². The van der Waals surface area contributed by atoms with Gasteiger partial charge in [-0.3, -0.25) is 4.79 Å². The summed E-state index contributed by atoms with van der Waals surface area (Å²) in [7, 11) is 0. The molecule has 0 saturated carbocycles. The molecule has 0 fully saturated rings. The van der Waals surface area contributed by atoms with Gasteiger partial charge in [0, 0.05) is 19.6 Å². The Bertz CT molecular complexity index is 320. The average Bonchev–Trinajstić information content (AvgIpc) is 2.71. The normalized spacial score (nSPS) is 12.2. The van der Waals surface area contributed by atoms with E-state index in [1.807, 2.05) is 0 Å². The quantitative estimate of drug-likeness (QED) is 0.150. The third-order valence-corrected chi connectivity index (χ3v) is 5.21. The first-order valence-electron chi connectivity index (χ1n) is 12.1. The Morgan fingerprint density at radius 2 is 1.25 bits per heavy atom. The molecular formula is C24H48O4. The van der Waals surface area contributed by atoms with E-state index in [1.54, 1.807) is 0 Å². The van der Waals surface area contributed by atoms with E-state index in [9.17, 15) is 4.79 Å². The standard InChI is InChI=1S/C24H48O4/c1-4-7-9-10-11-12-13-14-18-26-20-21-27-19-15-17-24(25)28-22-23(6-3)16-8-5-2/h23H,4-22H2,1-3H3. The van der Waals surface area contributed by atoms with Crippen molar-refractivity contribution in [3.63, 3.8) is 0 Å². The molecule has 0 aromatic heterocycles. The van der Waals surface area contributed by atoms with Crippen LogP contribution >= 0.6 is 0 Å². The molecule has 4 heteroatoms. The predicted octanol–water partition coefficient (Wildman–Crippen LogP) is 6.70. The Kier molecular flexibility index (Phi) is 22.2. The summed E-state index contributed by atoms with van der Waals surface area (Å²) in [5.74, 6) is 0.419. The van der Waals surface area contributed by atoms with Gasteiger partial charge in [0.05, 0.1) is 19.8 Å². The molecule has 0 N–H and O–H groups in total. The minimum Gasteiger partial charge on any atom is -0.465 e. The maximum atomic E-state index is 11.8. The third-order valence-electron chi connectivity index (χ3n) is 5.21. The van der Waals surface area contributed by atoms with Crippen molar-refractivity contribution in [3.8, 4) is 0 Å². The van der Waals surface area contributed by atoms with Crippen molar-refractivity contribution in [1.29, 1.82) is 0 Å². The molecule has 0 heterocycles. The first-order chi connectivity index (χ1) is 13.7. The Hall–Kier alpha value is -0.610. The molecule has 0 spiro atoms. The molecule has 1 atom stereocenters. The van der Waals surface area contributed by atoms with E-state index in [4.69, 9.17) is 14.2 Å². The van der Waals surface area contributed by atoms with E-state index in [2.05, 4.69) is 20.8 Å². The van der Waals surface area contributed by atoms with Crippen LogP contribution in [0.1, 0.15) is 111 Å². The number of carbonyl (C=O) groups excluding carboxylic acids is 1. The zero-order chi connectivity index (χ0) is 20.7. The summed E-state index contributed by atoms with van der Waals surface area (Å²) in [5.41, 5.74) is 0. The summed E-state index contributed by atoms with van der Waals surface area (Å²) in [6.45, 7) is 9.89. The van der Waals surface area contributed by atoms with E-state index in [-0.39, 0.29) is 5.97 Å². The van der Waals surface area contributed by atoms with Crippen LogP contribution in [0.5, 0.6) is 0 Å². The predicted molar refractivity (Wildman–Crippen MR) is 118 cm³/mol. The van der Waals surface area contributed by atoms with E-state index in [0.717, 1.165) is 32.3 Å². The molecule has 0 aliphatic carbocycles. The van der Waals surface area contributed by atoms with Gasteiger partial charge in [-0.2, -0.15) is 0 Å². The molecule has 28 heavy (non-hydrogen) atoms. The Morgan fingerprint density at radius 3 is 1.86 bits per heavy atom. The van der Waals surface area contributed by atoms with Gasteiger partial charge in [0.25, 0.3) is 0 Å². The second kappa shape index (κ2) is 22.7. The van der Waals surface area contributed by atoms with E-state index >= 15 is 0 Å². The van der Waals surface area contributed by atoms with E-state index in [0.29, 0.717) is 38.8 Å². The molecule has 168 valence electrons. The van der Waals surface area contributed by atoms with Gasteiger partial charge in [-0.25, -0.2) is 0 Å². The van der Waals surface area contributed by atoms with Crippen molar-refractivity contribution >= 4 is 5.97 Å². The van der Waals surface area contributed by atoms with Crippen LogP contribution in [-0.2, 0) is 19.0 Å². The van der Waals surface area contributed by atoms with Crippen molar-refractivity contribution in [2.45, 2.75) is 111 Å². The highest BCUT2D eigenvalue weighted by molar-refractivity contribution is 5.69. The maximum absolute atomic E-state index is 11.8. The molecule has 0 rings (SSSR count). The van der Waals surface area contributed by atoms with Gasteiger partial charge in [0.15, 0.2) is 0 Å². The molecule has 0 saturated heterocycles. The van der Waals surface area contributed by atoms with Gasteiger partial charge in [-0.15, -0.1) is 0 Å². The van der Waals surface area contributed by atoms with Crippen molar-refractivity contribution in [2.75, 3.05) is 33.0 Å². The zero-order valence-corrected chi connectivity index (χ0v) is 19.1.